The van der Waals surface area contributed by atoms with E-state index >= 15 is 0 Å². The minimum absolute atomic E-state index is 0.215. The van der Waals surface area contributed by atoms with Crippen molar-refractivity contribution in [3.05, 3.63) is 106 Å². The number of amides is 1. The van der Waals surface area contributed by atoms with Crippen LogP contribution in [0, 0.1) is 0 Å². The van der Waals surface area contributed by atoms with Crippen molar-refractivity contribution < 1.29 is 14.3 Å². The highest BCUT2D eigenvalue weighted by Gasteiger charge is 2.32. The molecule has 0 atom stereocenters. The second kappa shape index (κ2) is 8.47. The van der Waals surface area contributed by atoms with E-state index in [4.69, 9.17) is 4.74 Å². The molecule has 0 aliphatic carbocycles. The number of esters is 1. The fourth-order valence-electron chi connectivity index (χ4n) is 3.12. The molecule has 0 saturated carbocycles. The van der Waals surface area contributed by atoms with Gasteiger partial charge in [0.25, 0.3) is 5.91 Å². The number of hydrogen-bond acceptors (Lipinski definition) is 4. The van der Waals surface area contributed by atoms with Crippen LogP contribution in [0.1, 0.15) is 21.5 Å². The standard InChI is InChI=1S/C24H17BrN2O3/c1-30-24(29)18-9-7-16(8-10-18)15-21-23(28)27(20-13-11-19(25)12-14-20)22(26-21)17-5-3-2-4-6-17/h2-15H,1H3/b21-15+. The average Bonchev–Trinajstić information content (AvgIpc) is 3.11. The van der Waals surface area contributed by atoms with Crippen molar-refractivity contribution in [3.63, 3.8) is 0 Å². The van der Waals surface area contributed by atoms with Gasteiger partial charge in [0.1, 0.15) is 11.5 Å². The van der Waals surface area contributed by atoms with Gasteiger partial charge in [0.15, 0.2) is 0 Å². The number of benzene rings is 3. The summed E-state index contributed by atoms with van der Waals surface area (Å²) < 4.78 is 5.65. The van der Waals surface area contributed by atoms with Crippen molar-refractivity contribution in [2.75, 3.05) is 12.0 Å². The molecule has 30 heavy (non-hydrogen) atoms. The number of amidine groups is 1. The van der Waals surface area contributed by atoms with Gasteiger partial charge in [-0.25, -0.2) is 9.79 Å². The monoisotopic (exact) mass is 460 g/mol. The largest absolute Gasteiger partial charge is 0.465 e. The fraction of sp³-hybridized carbons (Fsp3) is 0.0417. The van der Waals surface area contributed by atoms with Gasteiger partial charge in [0, 0.05) is 10.0 Å². The summed E-state index contributed by atoms with van der Waals surface area (Å²) >= 11 is 3.43. The van der Waals surface area contributed by atoms with E-state index in [-0.39, 0.29) is 5.91 Å². The Kier molecular flexibility index (Phi) is 5.59. The van der Waals surface area contributed by atoms with E-state index in [0.717, 1.165) is 21.3 Å². The summed E-state index contributed by atoms with van der Waals surface area (Å²) in [5.41, 5.74) is 3.11. The molecule has 0 N–H and O–H groups in total. The molecule has 0 unspecified atom stereocenters. The third kappa shape index (κ3) is 3.95. The normalized spacial score (nSPS) is 14.7. The lowest BCUT2D eigenvalue weighted by atomic mass is 10.1. The van der Waals surface area contributed by atoms with Gasteiger partial charge in [-0.1, -0.05) is 58.4 Å². The molecule has 4 rings (SSSR count). The molecule has 1 aliphatic rings. The zero-order chi connectivity index (χ0) is 21.1. The summed E-state index contributed by atoms with van der Waals surface area (Å²) in [5.74, 6) is -0.0504. The lowest BCUT2D eigenvalue weighted by molar-refractivity contribution is -0.113. The zero-order valence-corrected chi connectivity index (χ0v) is 17.7. The van der Waals surface area contributed by atoms with Gasteiger partial charge in [0.05, 0.1) is 18.4 Å². The van der Waals surface area contributed by atoms with Crippen LogP contribution in [0.4, 0.5) is 5.69 Å². The van der Waals surface area contributed by atoms with Crippen LogP contribution in [0.15, 0.2) is 94.0 Å². The number of nitrogens with zero attached hydrogens (tertiary/aromatic N) is 2. The molecule has 1 amide bonds. The van der Waals surface area contributed by atoms with Crippen molar-refractivity contribution in [3.8, 4) is 0 Å². The van der Waals surface area contributed by atoms with Gasteiger partial charge in [-0.05, 0) is 48.0 Å². The topological polar surface area (TPSA) is 59.0 Å². The maximum absolute atomic E-state index is 13.3. The predicted molar refractivity (Wildman–Crippen MR) is 120 cm³/mol. The number of halogens is 1. The molecule has 0 saturated heterocycles. The number of rotatable bonds is 4. The van der Waals surface area contributed by atoms with E-state index in [9.17, 15) is 9.59 Å². The van der Waals surface area contributed by atoms with Crippen molar-refractivity contribution in [2.45, 2.75) is 0 Å². The van der Waals surface area contributed by atoms with Crippen LogP contribution in [0.5, 0.6) is 0 Å². The Morgan fingerprint density at radius 2 is 1.63 bits per heavy atom. The molecule has 3 aromatic rings. The maximum Gasteiger partial charge on any atom is 0.337 e. The van der Waals surface area contributed by atoms with E-state index in [1.54, 1.807) is 35.2 Å². The minimum atomic E-state index is -0.406. The molecule has 0 aromatic heterocycles. The average molecular weight is 461 g/mol. The number of anilines is 1. The number of carbonyl (C=O) groups is 2. The first kappa shape index (κ1) is 19.8. The summed E-state index contributed by atoms with van der Waals surface area (Å²) in [6.45, 7) is 0. The van der Waals surface area contributed by atoms with Crippen LogP contribution in [-0.2, 0) is 9.53 Å². The smallest absolute Gasteiger partial charge is 0.337 e. The summed E-state index contributed by atoms with van der Waals surface area (Å²) in [7, 11) is 1.34. The highest BCUT2D eigenvalue weighted by atomic mass is 79.9. The van der Waals surface area contributed by atoms with Gasteiger partial charge >= 0.3 is 5.97 Å². The highest BCUT2D eigenvalue weighted by molar-refractivity contribution is 9.10. The number of carbonyl (C=O) groups excluding carboxylic acids is 2. The van der Waals surface area contributed by atoms with Crippen LogP contribution >= 0.6 is 15.9 Å². The summed E-state index contributed by atoms with van der Waals surface area (Å²) in [6, 6.07) is 23.9. The van der Waals surface area contributed by atoms with Gasteiger partial charge in [-0.2, -0.15) is 0 Å². The molecule has 0 radical (unpaired) electrons. The molecular weight excluding hydrogens is 444 g/mol. The molecule has 1 aliphatic heterocycles. The van der Waals surface area contributed by atoms with Crippen LogP contribution in [-0.4, -0.2) is 24.8 Å². The van der Waals surface area contributed by atoms with E-state index in [1.807, 2.05) is 54.6 Å². The Labute approximate surface area is 182 Å². The highest BCUT2D eigenvalue weighted by Crippen LogP contribution is 2.29. The Morgan fingerprint density at radius 1 is 0.967 bits per heavy atom. The second-order valence-electron chi connectivity index (χ2n) is 6.56. The van der Waals surface area contributed by atoms with Crippen LogP contribution < -0.4 is 4.90 Å². The molecule has 148 valence electrons. The van der Waals surface area contributed by atoms with Crippen LogP contribution in [0.25, 0.3) is 6.08 Å². The molecule has 3 aromatic carbocycles. The van der Waals surface area contributed by atoms with Crippen molar-refractivity contribution in [1.82, 2.24) is 0 Å². The van der Waals surface area contributed by atoms with Crippen molar-refractivity contribution in [1.29, 1.82) is 0 Å². The molecular formula is C24H17BrN2O3. The first-order valence-electron chi connectivity index (χ1n) is 9.21. The third-order valence-electron chi connectivity index (χ3n) is 4.61. The van der Waals surface area contributed by atoms with Crippen molar-refractivity contribution >= 4 is 45.4 Å². The Hall–Kier alpha value is -3.51. The molecule has 6 heteroatoms. The van der Waals surface area contributed by atoms with E-state index < -0.39 is 5.97 Å². The number of aliphatic imine (C=N–C) groups is 1. The third-order valence-corrected chi connectivity index (χ3v) is 5.14. The molecule has 1 heterocycles. The summed E-state index contributed by atoms with van der Waals surface area (Å²) in [4.78, 5) is 31.1. The Morgan fingerprint density at radius 3 is 2.27 bits per heavy atom. The summed E-state index contributed by atoms with van der Waals surface area (Å²) in [5, 5.41) is 0. The quantitative estimate of drug-likeness (QED) is 0.403. The number of methoxy groups -OCH3 is 1. The fourth-order valence-corrected chi connectivity index (χ4v) is 3.38. The summed E-state index contributed by atoms with van der Waals surface area (Å²) in [6.07, 6.45) is 1.71. The predicted octanol–water partition coefficient (Wildman–Crippen LogP) is 5.07. The molecule has 5 nitrogen and oxygen atoms in total. The van der Waals surface area contributed by atoms with Crippen molar-refractivity contribution in [2.24, 2.45) is 4.99 Å². The first-order valence-corrected chi connectivity index (χ1v) is 10.0. The van der Waals surface area contributed by atoms with Gasteiger partial charge in [-0.15, -0.1) is 0 Å². The second-order valence-corrected chi connectivity index (χ2v) is 7.48. The van der Waals surface area contributed by atoms with E-state index in [2.05, 4.69) is 20.9 Å². The van der Waals surface area contributed by atoms with Gasteiger partial charge in [0.2, 0.25) is 0 Å². The molecule has 0 bridgehead atoms. The van der Waals surface area contributed by atoms with Crippen LogP contribution in [0.3, 0.4) is 0 Å². The minimum Gasteiger partial charge on any atom is -0.465 e. The van der Waals surface area contributed by atoms with E-state index in [0.29, 0.717) is 17.1 Å². The molecule has 0 spiro atoms. The molecule has 0 fully saturated rings. The van der Waals surface area contributed by atoms with Gasteiger partial charge < -0.3 is 4.74 Å². The lowest BCUT2D eigenvalue weighted by Gasteiger charge is -2.18. The lowest BCUT2D eigenvalue weighted by Crippen LogP contribution is -2.32. The van der Waals surface area contributed by atoms with Gasteiger partial charge in [-0.3, -0.25) is 9.69 Å². The Balaban J connectivity index is 1.74. The first-order chi connectivity index (χ1) is 14.6. The zero-order valence-electron chi connectivity index (χ0n) is 16.1. The maximum atomic E-state index is 13.3. The number of ether oxygens (including phenoxy) is 1. The SMILES string of the molecule is COC(=O)c1ccc(/C=C2/N=C(c3ccccc3)N(c3ccc(Br)cc3)C2=O)cc1. The van der Waals surface area contributed by atoms with E-state index in [1.165, 1.54) is 7.11 Å². The van der Waals surface area contributed by atoms with Crippen LogP contribution in [0.2, 0.25) is 0 Å². The Bertz CT molecular complexity index is 1150. The number of hydrogen-bond donors (Lipinski definition) is 0.